The number of ether oxygens (including phenoxy) is 1. The largest absolute Gasteiger partial charge is 0.487 e. The Hall–Kier alpha value is -2.57. The van der Waals surface area contributed by atoms with Crippen molar-refractivity contribution in [3.63, 3.8) is 0 Å². The maximum Gasteiger partial charge on any atom is 0.330 e. The number of nitro groups is 1. The van der Waals surface area contributed by atoms with E-state index in [9.17, 15) is 10.1 Å². The molecule has 0 saturated heterocycles. The molecule has 2 aromatic rings. The van der Waals surface area contributed by atoms with E-state index < -0.39 is 10.5 Å². The van der Waals surface area contributed by atoms with Gasteiger partial charge in [-0.1, -0.05) is 18.2 Å². The predicted octanol–water partition coefficient (Wildman–Crippen LogP) is 2.52. The third-order valence-electron chi connectivity index (χ3n) is 3.65. The Morgan fingerprint density at radius 3 is 2.86 bits per heavy atom. The number of nitrogens with zero attached hydrogens (tertiary/aromatic N) is 3. The van der Waals surface area contributed by atoms with Crippen molar-refractivity contribution < 1.29 is 9.66 Å². The molecule has 0 fully saturated rings. The number of para-hydroxylation sites is 1. The van der Waals surface area contributed by atoms with Crippen molar-refractivity contribution >= 4 is 11.5 Å². The summed E-state index contributed by atoms with van der Waals surface area (Å²) < 4.78 is 7.46. The summed E-state index contributed by atoms with van der Waals surface area (Å²) in [5.41, 5.74) is 6.26. The van der Waals surface area contributed by atoms with Crippen LogP contribution in [0.15, 0.2) is 30.5 Å². The molecule has 21 heavy (non-hydrogen) atoms. The number of hydrogen-bond acceptors (Lipinski definition) is 5. The Morgan fingerprint density at radius 1 is 1.48 bits per heavy atom. The lowest BCUT2D eigenvalue weighted by molar-refractivity contribution is -0.384. The fourth-order valence-electron chi connectivity index (χ4n) is 2.73. The number of fused-ring (bicyclic) bond motifs is 1. The van der Waals surface area contributed by atoms with Crippen molar-refractivity contribution in [3.05, 3.63) is 46.1 Å². The minimum absolute atomic E-state index is 0.0671. The van der Waals surface area contributed by atoms with Crippen LogP contribution in [0.3, 0.4) is 0 Å². The van der Waals surface area contributed by atoms with E-state index in [1.807, 2.05) is 38.1 Å². The third-order valence-corrected chi connectivity index (χ3v) is 3.65. The van der Waals surface area contributed by atoms with E-state index in [0.717, 1.165) is 11.3 Å². The first-order valence-corrected chi connectivity index (χ1v) is 6.64. The minimum atomic E-state index is -0.519. The van der Waals surface area contributed by atoms with Crippen LogP contribution in [0.2, 0.25) is 0 Å². The number of nitrogen functional groups attached to an aromatic ring is 1. The Kier molecular flexibility index (Phi) is 2.86. The lowest BCUT2D eigenvalue weighted by Gasteiger charge is -2.37. The summed E-state index contributed by atoms with van der Waals surface area (Å²) in [6, 6.07) is 7.44. The second-order valence-electron chi connectivity index (χ2n) is 5.74. The number of aromatic nitrogens is 2. The van der Waals surface area contributed by atoms with Crippen molar-refractivity contribution in [1.82, 2.24) is 9.78 Å². The van der Waals surface area contributed by atoms with Crippen molar-refractivity contribution in [2.75, 3.05) is 5.73 Å². The van der Waals surface area contributed by atoms with Gasteiger partial charge in [0, 0.05) is 12.0 Å². The molecule has 0 saturated carbocycles. The highest BCUT2D eigenvalue weighted by Crippen LogP contribution is 2.42. The van der Waals surface area contributed by atoms with E-state index in [1.54, 1.807) is 0 Å². The van der Waals surface area contributed by atoms with Crippen molar-refractivity contribution in [2.45, 2.75) is 31.9 Å². The van der Waals surface area contributed by atoms with Gasteiger partial charge in [-0.15, -0.1) is 0 Å². The molecule has 7 nitrogen and oxygen atoms in total. The fraction of sp³-hybridized carbons (Fsp3) is 0.357. The molecule has 1 atom stereocenters. The van der Waals surface area contributed by atoms with Crippen LogP contribution in [0.4, 0.5) is 11.5 Å². The standard InChI is InChI=1S/C14H16N4O3/c1-14(2)7-10(9-5-3-4-6-12(9)21-14)17-13(15)11(8-16-17)18(19)20/h3-6,8,10H,7,15H2,1-2H3. The van der Waals surface area contributed by atoms with E-state index in [-0.39, 0.29) is 17.5 Å². The number of hydrogen-bond donors (Lipinski definition) is 1. The van der Waals surface area contributed by atoms with Crippen LogP contribution < -0.4 is 10.5 Å². The van der Waals surface area contributed by atoms with Gasteiger partial charge in [-0.05, 0) is 19.9 Å². The molecule has 0 spiro atoms. The van der Waals surface area contributed by atoms with Gasteiger partial charge in [-0.2, -0.15) is 5.10 Å². The number of anilines is 1. The maximum absolute atomic E-state index is 10.9. The monoisotopic (exact) mass is 288 g/mol. The van der Waals surface area contributed by atoms with Gasteiger partial charge in [0.25, 0.3) is 0 Å². The zero-order valence-electron chi connectivity index (χ0n) is 11.8. The van der Waals surface area contributed by atoms with Gasteiger partial charge in [-0.25, -0.2) is 4.68 Å². The molecule has 1 aromatic carbocycles. The van der Waals surface area contributed by atoms with E-state index in [4.69, 9.17) is 10.5 Å². The Balaban J connectivity index is 2.12. The predicted molar refractivity (Wildman–Crippen MR) is 77.2 cm³/mol. The molecule has 2 N–H and O–H groups in total. The summed E-state index contributed by atoms with van der Waals surface area (Å²) in [5, 5.41) is 15.1. The van der Waals surface area contributed by atoms with Gasteiger partial charge in [0.1, 0.15) is 17.5 Å². The maximum atomic E-state index is 10.9. The first-order chi connectivity index (χ1) is 9.89. The molecule has 0 radical (unpaired) electrons. The Morgan fingerprint density at radius 2 is 2.19 bits per heavy atom. The van der Waals surface area contributed by atoms with Gasteiger partial charge in [0.2, 0.25) is 5.82 Å². The van der Waals surface area contributed by atoms with Crippen LogP contribution in [0.25, 0.3) is 0 Å². The van der Waals surface area contributed by atoms with Gasteiger partial charge < -0.3 is 10.5 Å². The van der Waals surface area contributed by atoms with Crippen LogP contribution in [0, 0.1) is 10.1 Å². The van der Waals surface area contributed by atoms with E-state index in [1.165, 1.54) is 10.9 Å². The summed E-state index contributed by atoms with van der Waals surface area (Å²) in [7, 11) is 0. The van der Waals surface area contributed by atoms with E-state index in [2.05, 4.69) is 5.10 Å². The van der Waals surface area contributed by atoms with Crippen molar-refractivity contribution in [1.29, 1.82) is 0 Å². The molecule has 3 rings (SSSR count). The van der Waals surface area contributed by atoms with E-state index >= 15 is 0 Å². The van der Waals surface area contributed by atoms with Crippen molar-refractivity contribution in [2.24, 2.45) is 0 Å². The first kappa shape index (κ1) is 13.4. The molecule has 0 aliphatic carbocycles. The van der Waals surface area contributed by atoms with Gasteiger partial charge in [0.05, 0.1) is 11.0 Å². The lowest BCUT2D eigenvalue weighted by atomic mass is 9.90. The first-order valence-electron chi connectivity index (χ1n) is 6.64. The zero-order chi connectivity index (χ0) is 15.2. The normalized spacial score (nSPS) is 19.6. The SMILES string of the molecule is CC1(C)CC(n2ncc([N+](=O)[O-])c2N)c2ccccc2O1. The summed E-state index contributed by atoms with van der Waals surface area (Å²) in [6.07, 6.45) is 1.83. The van der Waals surface area contributed by atoms with Crippen LogP contribution >= 0.6 is 0 Å². The minimum Gasteiger partial charge on any atom is -0.487 e. The van der Waals surface area contributed by atoms with Crippen LogP contribution in [0.5, 0.6) is 5.75 Å². The summed E-state index contributed by atoms with van der Waals surface area (Å²) in [4.78, 5) is 10.4. The molecular weight excluding hydrogens is 272 g/mol. The Bertz CT molecular complexity index is 708. The molecule has 1 aromatic heterocycles. The van der Waals surface area contributed by atoms with Crippen molar-refractivity contribution in [3.8, 4) is 5.75 Å². The van der Waals surface area contributed by atoms with E-state index in [0.29, 0.717) is 6.42 Å². The second-order valence-corrected chi connectivity index (χ2v) is 5.74. The van der Waals surface area contributed by atoms with Gasteiger partial charge in [0.15, 0.2) is 0 Å². The highest BCUT2D eigenvalue weighted by molar-refractivity contribution is 5.53. The summed E-state index contributed by atoms with van der Waals surface area (Å²) in [6.45, 7) is 3.95. The third kappa shape index (κ3) is 2.20. The molecule has 1 aliphatic rings. The molecule has 0 bridgehead atoms. The van der Waals surface area contributed by atoms with Crippen LogP contribution in [0.1, 0.15) is 31.9 Å². The smallest absolute Gasteiger partial charge is 0.330 e. The quantitative estimate of drug-likeness (QED) is 0.676. The molecule has 2 heterocycles. The van der Waals surface area contributed by atoms with Gasteiger partial charge >= 0.3 is 5.69 Å². The molecule has 0 amide bonds. The molecule has 7 heteroatoms. The van der Waals surface area contributed by atoms with Crippen LogP contribution in [-0.2, 0) is 0 Å². The molecular formula is C14H16N4O3. The second kappa shape index (κ2) is 4.47. The molecule has 1 unspecified atom stereocenters. The summed E-state index contributed by atoms with van der Waals surface area (Å²) >= 11 is 0. The van der Waals surface area contributed by atoms with Crippen LogP contribution in [-0.4, -0.2) is 20.3 Å². The highest BCUT2D eigenvalue weighted by Gasteiger charge is 2.36. The molecule has 110 valence electrons. The number of rotatable bonds is 2. The average molecular weight is 288 g/mol. The molecule has 1 aliphatic heterocycles. The average Bonchev–Trinajstić information content (AvgIpc) is 2.78. The fourth-order valence-corrected chi connectivity index (χ4v) is 2.73. The summed E-state index contributed by atoms with van der Waals surface area (Å²) in [5.74, 6) is 0.828. The number of nitrogens with two attached hydrogens (primary N) is 1. The lowest BCUT2D eigenvalue weighted by Crippen LogP contribution is -2.37. The zero-order valence-corrected chi connectivity index (χ0v) is 11.8. The van der Waals surface area contributed by atoms with Gasteiger partial charge in [-0.3, -0.25) is 10.1 Å². The Labute approximate surface area is 121 Å². The topological polar surface area (TPSA) is 96.2 Å². The highest BCUT2D eigenvalue weighted by atomic mass is 16.6. The number of benzene rings is 1.